The van der Waals surface area contributed by atoms with E-state index in [2.05, 4.69) is 5.10 Å². The lowest BCUT2D eigenvalue weighted by molar-refractivity contribution is 0.171. The van der Waals surface area contributed by atoms with Crippen LogP contribution in [0.25, 0.3) is 0 Å². The molecule has 1 aromatic carbocycles. The second kappa shape index (κ2) is 4.59. The summed E-state index contributed by atoms with van der Waals surface area (Å²) < 4.78 is 12.9. The number of nitrogens with zero attached hydrogens (tertiary/aromatic N) is 2. The Labute approximate surface area is 111 Å². The Kier molecular flexibility index (Phi) is 2.91. The van der Waals surface area contributed by atoms with Gasteiger partial charge in [0.15, 0.2) is 11.5 Å². The molecule has 1 aromatic heterocycles. The molecule has 0 amide bonds. The van der Waals surface area contributed by atoms with Gasteiger partial charge in [-0.1, -0.05) is 6.07 Å². The molecular weight excluding hydrogens is 242 g/mol. The first-order valence-electron chi connectivity index (χ1n) is 6.30. The minimum atomic E-state index is -0.204. The first-order chi connectivity index (χ1) is 9.15. The van der Waals surface area contributed by atoms with Gasteiger partial charge in [0.25, 0.3) is 0 Å². The van der Waals surface area contributed by atoms with E-state index in [-0.39, 0.29) is 6.04 Å². The van der Waals surface area contributed by atoms with Crippen LogP contribution in [-0.2, 0) is 7.05 Å². The molecule has 1 unspecified atom stereocenters. The maximum atomic E-state index is 6.31. The lowest BCUT2D eigenvalue weighted by Gasteiger charge is -2.20. The van der Waals surface area contributed by atoms with Gasteiger partial charge in [-0.25, -0.2) is 0 Å². The van der Waals surface area contributed by atoms with Gasteiger partial charge in [-0.3, -0.25) is 4.68 Å². The Morgan fingerprint density at radius 3 is 2.68 bits per heavy atom. The number of ether oxygens (including phenoxy) is 2. The largest absolute Gasteiger partial charge is 0.486 e. The summed E-state index contributed by atoms with van der Waals surface area (Å²) in [6, 6.07) is 5.63. The summed E-state index contributed by atoms with van der Waals surface area (Å²) >= 11 is 0. The molecule has 0 fully saturated rings. The summed E-state index contributed by atoms with van der Waals surface area (Å²) in [5.74, 6) is 1.55. The van der Waals surface area contributed by atoms with Crippen LogP contribution in [0.3, 0.4) is 0 Å². The SMILES string of the molecule is Cc1nn(C)cc1C(N)c1ccc2c(c1)OCCO2. The average Bonchev–Trinajstić information content (AvgIpc) is 2.76. The van der Waals surface area contributed by atoms with Crippen LogP contribution in [-0.4, -0.2) is 23.0 Å². The van der Waals surface area contributed by atoms with Crippen molar-refractivity contribution in [2.45, 2.75) is 13.0 Å². The first kappa shape index (κ1) is 12.0. The molecule has 2 N–H and O–H groups in total. The summed E-state index contributed by atoms with van der Waals surface area (Å²) in [6.07, 6.45) is 1.96. The predicted octanol–water partition coefficient (Wildman–Crippen LogP) is 1.55. The molecule has 0 radical (unpaired) electrons. The van der Waals surface area contributed by atoms with Crippen LogP contribution in [0.4, 0.5) is 0 Å². The van der Waals surface area contributed by atoms with Crippen molar-refractivity contribution in [1.29, 1.82) is 0 Å². The van der Waals surface area contributed by atoms with Gasteiger partial charge < -0.3 is 15.2 Å². The summed E-state index contributed by atoms with van der Waals surface area (Å²) in [5, 5.41) is 4.33. The fraction of sp³-hybridized carbons (Fsp3) is 0.357. The van der Waals surface area contributed by atoms with Gasteiger partial charge in [0.05, 0.1) is 11.7 Å². The third-order valence-electron chi connectivity index (χ3n) is 3.31. The normalized spacial score (nSPS) is 15.3. The van der Waals surface area contributed by atoms with Crippen molar-refractivity contribution in [1.82, 2.24) is 9.78 Å². The number of fused-ring (bicyclic) bond motifs is 1. The smallest absolute Gasteiger partial charge is 0.161 e. The van der Waals surface area contributed by atoms with Crippen molar-refractivity contribution in [3.8, 4) is 11.5 Å². The van der Waals surface area contributed by atoms with Crippen molar-refractivity contribution in [2.24, 2.45) is 12.8 Å². The molecule has 0 spiro atoms. The molecular formula is C14H17N3O2. The number of rotatable bonds is 2. The zero-order chi connectivity index (χ0) is 13.4. The molecule has 2 aromatic rings. The standard InChI is InChI=1S/C14H17N3O2/c1-9-11(8-17(2)16-9)14(15)10-3-4-12-13(7-10)19-6-5-18-12/h3-4,7-8,14H,5-6,15H2,1-2H3. The second-order valence-electron chi connectivity index (χ2n) is 4.72. The van der Waals surface area contributed by atoms with Crippen LogP contribution in [0.5, 0.6) is 11.5 Å². The number of hydrogen-bond donors (Lipinski definition) is 1. The number of nitrogens with two attached hydrogens (primary N) is 1. The minimum Gasteiger partial charge on any atom is -0.486 e. The highest BCUT2D eigenvalue weighted by molar-refractivity contribution is 5.46. The molecule has 1 atom stereocenters. The Balaban J connectivity index is 1.95. The molecule has 0 saturated carbocycles. The maximum Gasteiger partial charge on any atom is 0.161 e. The molecule has 1 aliphatic rings. The first-order valence-corrected chi connectivity index (χ1v) is 6.30. The Morgan fingerprint density at radius 2 is 2.00 bits per heavy atom. The maximum absolute atomic E-state index is 6.31. The fourth-order valence-electron chi connectivity index (χ4n) is 2.36. The van der Waals surface area contributed by atoms with Gasteiger partial charge in [0.2, 0.25) is 0 Å². The van der Waals surface area contributed by atoms with Crippen molar-refractivity contribution >= 4 is 0 Å². The third-order valence-corrected chi connectivity index (χ3v) is 3.31. The van der Waals surface area contributed by atoms with Gasteiger partial charge in [-0.2, -0.15) is 5.10 Å². The summed E-state index contributed by atoms with van der Waals surface area (Å²) in [5.41, 5.74) is 9.29. The lowest BCUT2D eigenvalue weighted by Crippen LogP contribution is -2.17. The molecule has 19 heavy (non-hydrogen) atoms. The average molecular weight is 259 g/mol. The second-order valence-corrected chi connectivity index (χ2v) is 4.72. The predicted molar refractivity (Wildman–Crippen MR) is 71.4 cm³/mol. The van der Waals surface area contributed by atoms with Crippen LogP contribution in [0.2, 0.25) is 0 Å². The Bertz CT molecular complexity index is 607. The summed E-state index contributed by atoms with van der Waals surface area (Å²) in [6.45, 7) is 3.14. The molecule has 0 aliphatic carbocycles. The van der Waals surface area contributed by atoms with Crippen LogP contribution in [0.15, 0.2) is 24.4 Å². The van der Waals surface area contributed by atoms with E-state index >= 15 is 0 Å². The number of hydrogen-bond acceptors (Lipinski definition) is 4. The van der Waals surface area contributed by atoms with E-state index in [0.29, 0.717) is 13.2 Å². The molecule has 3 rings (SSSR count). The summed E-state index contributed by atoms with van der Waals surface area (Å²) in [4.78, 5) is 0. The van der Waals surface area contributed by atoms with Crippen LogP contribution in [0.1, 0.15) is 22.9 Å². The molecule has 2 heterocycles. The third kappa shape index (κ3) is 2.17. The number of benzene rings is 1. The molecule has 0 bridgehead atoms. The van der Waals surface area contributed by atoms with Crippen molar-refractivity contribution < 1.29 is 9.47 Å². The quantitative estimate of drug-likeness (QED) is 0.888. The van der Waals surface area contributed by atoms with Gasteiger partial charge in [0, 0.05) is 18.8 Å². The van der Waals surface area contributed by atoms with Crippen molar-refractivity contribution in [2.75, 3.05) is 13.2 Å². The monoisotopic (exact) mass is 259 g/mol. The number of aromatic nitrogens is 2. The topological polar surface area (TPSA) is 62.3 Å². The number of aryl methyl sites for hydroxylation is 2. The van der Waals surface area contributed by atoms with Crippen LogP contribution >= 0.6 is 0 Å². The highest BCUT2D eigenvalue weighted by Crippen LogP contribution is 2.33. The molecule has 5 nitrogen and oxygen atoms in total. The van der Waals surface area contributed by atoms with Gasteiger partial charge in [0.1, 0.15) is 13.2 Å². The van der Waals surface area contributed by atoms with E-state index in [1.807, 2.05) is 38.4 Å². The highest BCUT2D eigenvalue weighted by Gasteiger charge is 2.18. The molecule has 100 valence electrons. The van der Waals surface area contributed by atoms with Crippen molar-refractivity contribution in [3.63, 3.8) is 0 Å². The van der Waals surface area contributed by atoms with Gasteiger partial charge in [-0.15, -0.1) is 0 Å². The highest BCUT2D eigenvalue weighted by atomic mass is 16.6. The van der Waals surface area contributed by atoms with Crippen molar-refractivity contribution in [3.05, 3.63) is 41.2 Å². The van der Waals surface area contributed by atoms with Gasteiger partial charge >= 0.3 is 0 Å². The zero-order valence-electron chi connectivity index (χ0n) is 11.1. The van der Waals surface area contributed by atoms with Crippen LogP contribution < -0.4 is 15.2 Å². The Hall–Kier alpha value is -2.01. The van der Waals surface area contributed by atoms with E-state index < -0.39 is 0 Å². The molecule has 0 saturated heterocycles. The zero-order valence-corrected chi connectivity index (χ0v) is 11.1. The molecule has 1 aliphatic heterocycles. The fourth-order valence-corrected chi connectivity index (χ4v) is 2.36. The van der Waals surface area contributed by atoms with E-state index in [0.717, 1.165) is 28.3 Å². The lowest BCUT2D eigenvalue weighted by atomic mass is 10.00. The Morgan fingerprint density at radius 1 is 1.26 bits per heavy atom. The van der Waals surface area contributed by atoms with E-state index in [4.69, 9.17) is 15.2 Å². The van der Waals surface area contributed by atoms with E-state index in [9.17, 15) is 0 Å². The summed E-state index contributed by atoms with van der Waals surface area (Å²) in [7, 11) is 1.90. The minimum absolute atomic E-state index is 0.204. The van der Waals surface area contributed by atoms with Crippen LogP contribution in [0, 0.1) is 6.92 Å². The van der Waals surface area contributed by atoms with E-state index in [1.165, 1.54) is 0 Å². The van der Waals surface area contributed by atoms with E-state index in [1.54, 1.807) is 4.68 Å². The molecule has 5 heteroatoms. The van der Waals surface area contributed by atoms with Gasteiger partial charge in [-0.05, 0) is 24.6 Å².